The van der Waals surface area contributed by atoms with E-state index in [-0.39, 0.29) is 5.82 Å². The predicted molar refractivity (Wildman–Crippen MR) is 111 cm³/mol. The highest BCUT2D eigenvalue weighted by molar-refractivity contribution is 7.80. The molecule has 2 aromatic carbocycles. The number of aryl methyl sites for hydroxylation is 2. The number of halogens is 1. The first-order valence-electron chi connectivity index (χ1n) is 8.46. The van der Waals surface area contributed by atoms with E-state index in [4.69, 9.17) is 12.2 Å². The molecule has 0 bridgehead atoms. The van der Waals surface area contributed by atoms with E-state index in [0.717, 1.165) is 16.9 Å². The van der Waals surface area contributed by atoms with Crippen LogP contribution < -0.4 is 16.0 Å². The summed E-state index contributed by atoms with van der Waals surface area (Å²) in [6.45, 7) is 4.53. The van der Waals surface area contributed by atoms with Gasteiger partial charge in [-0.1, -0.05) is 29.8 Å². The van der Waals surface area contributed by atoms with Crippen molar-refractivity contribution in [2.45, 2.75) is 20.4 Å². The monoisotopic (exact) mass is 381 g/mol. The molecule has 0 aliphatic carbocycles. The Morgan fingerprint density at radius 1 is 1.00 bits per heavy atom. The first-order chi connectivity index (χ1) is 13.0. The summed E-state index contributed by atoms with van der Waals surface area (Å²) >= 11 is 5.33. The van der Waals surface area contributed by atoms with Crippen molar-refractivity contribution in [1.29, 1.82) is 0 Å². The SMILES string of the molecule is Cc1ccc(CNC(=S)Nc2nc(C)cc(Nc3ccc(F)cc3)n2)cc1. The van der Waals surface area contributed by atoms with Crippen molar-refractivity contribution in [2.75, 3.05) is 10.6 Å². The molecule has 0 saturated heterocycles. The van der Waals surface area contributed by atoms with E-state index < -0.39 is 0 Å². The molecule has 3 N–H and O–H groups in total. The number of nitrogens with one attached hydrogen (secondary N) is 3. The van der Waals surface area contributed by atoms with Gasteiger partial charge in [0, 0.05) is 24.0 Å². The number of anilines is 3. The van der Waals surface area contributed by atoms with Crippen LogP contribution in [-0.2, 0) is 6.54 Å². The Morgan fingerprint density at radius 3 is 2.41 bits per heavy atom. The molecule has 138 valence electrons. The van der Waals surface area contributed by atoms with Crippen LogP contribution in [-0.4, -0.2) is 15.1 Å². The quantitative estimate of drug-likeness (QED) is 0.567. The Bertz CT molecular complexity index is 926. The van der Waals surface area contributed by atoms with Crippen LogP contribution in [0.25, 0.3) is 0 Å². The zero-order chi connectivity index (χ0) is 19.2. The molecule has 0 saturated carbocycles. The lowest BCUT2D eigenvalue weighted by Gasteiger charge is -2.12. The number of hydrogen-bond acceptors (Lipinski definition) is 4. The summed E-state index contributed by atoms with van der Waals surface area (Å²) in [5, 5.41) is 9.70. The van der Waals surface area contributed by atoms with E-state index in [1.54, 1.807) is 18.2 Å². The molecule has 3 aromatic rings. The molecule has 0 amide bonds. The number of thiocarbonyl (C=S) groups is 1. The molecule has 27 heavy (non-hydrogen) atoms. The number of benzene rings is 2. The second-order valence-electron chi connectivity index (χ2n) is 6.14. The Kier molecular flexibility index (Phi) is 5.93. The fraction of sp³-hybridized carbons (Fsp3) is 0.150. The fourth-order valence-electron chi connectivity index (χ4n) is 2.40. The molecule has 0 spiro atoms. The maximum atomic E-state index is 13.0. The average molecular weight is 381 g/mol. The fourth-order valence-corrected chi connectivity index (χ4v) is 2.57. The zero-order valence-electron chi connectivity index (χ0n) is 15.1. The second-order valence-corrected chi connectivity index (χ2v) is 6.55. The van der Waals surface area contributed by atoms with Crippen molar-refractivity contribution in [3.8, 4) is 0 Å². The number of rotatable bonds is 5. The highest BCUT2D eigenvalue weighted by Crippen LogP contribution is 2.17. The first kappa shape index (κ1) is 18.7. The lowest BCUT2D eigenvalue weighted by atomic mass is 10.1. The highest BCUT2D eigenvalue weighted by atomic mass is 32.1. The maximum Gasteiger partial charge on any atom is 0.231 e. The van der Waals surface area contributed by atoms with Gasteiger partial charge in [-0.05, 0) is 55.9 Å². The summed E-state index contributed by atoms with van der Waals surface area (Å²) in [4.78, 5) is 8.75. The van der Waals surface area contributed by atoms with Crippen LogP contribution in [0.2, 0.25) is 0 Å². The van der Waals surface area contributed by atoms with Crippen molar-refractivity contribution in [1.82, 2.24) is 15.3 Å². The first-order valence-corrected chi connectivity index (χ1v) is 8.87. The summed E-state index contributed by atoms with van der Waals surface area (Å²) in [5.41, 5.74) is 3.86. The van der Waals surface area contributed by atoms with Crippen molar-refractivity contribution in [3.63, 3.8) is 0 Å². The second kappa shape index (κ2) is 8.55. The van der Waals surface area contributed by atoms with Crippen LogP contribution in [0, 0.1) is 19.7 Å². The predicted octanol–water partition coefficient (Wildman–Crippen LogP) is 4.46. The molecule has 0 atom stereocenters. The van der Waals surface area contributed by atoms with Gasteiger partial charge in [0.2, 0.25) is 5.95 Å². The average Bonchev–Trinajstić information content (AvgIpc) is 2.63. The summed E-state index contributed by atoms with van der Waals surface area (Å²) < 4.78 is 13.0. The summed E-state index contributed by atoms with van der Waals surface area (Å²) in [6.07, 6.45) is 0. The lowest BCUT2D eigenvalue weighted by molar-refractivity contribution is 0.628. The third-order valence-corrected chi connectivity index (χ3v) is 4.02. The molecule has 1 heterocycles. The smallest absolute Gasteiger partial charge is 0.231 e. The van der Waals surface area contributed by atoms with E-state index in [9.17, 15) is 4.39 Å². The van der Waals surface area contributed by atoms with Gasteiger partial charge in [0.25, 0.3) is 0 Å². The molecule has 0 radical (unpaired) electrons. The highest BCUT2D eigenvalue weighted by Gasteiger charge is 2.05. The Hall–Kier alpha value is -3.06. The minimum absolute atomic E-state index is 0.285. The largest absolute Gasteiger partial charge is 0.358 e. The van der Waals surface area contributed by atoms with Crippen LogP contribution in [0.5, 0.6) is 0 Å². The molecule has 0 fully saturated rings. The van der Waals surface area contributed by atoms with Gasteiger partial charge in [-0.3, -0.25) is 0 Å². The molecule has 3 rings (SSSR count). The van der Waals surface area contributed by atoms with E-state index in [2.05, 4.69) is 57.1 Å². The van der Waals surface area contributed by atoms with Crippen LogP contribution in [0.3, 0.4) is 0 Å². The number of hydrogen-bond donors (Lipinski definition) is 3. The van der Waals surface area contributed by atoms with Crippen molar-refractivity contribution >= 4 is 34.8 Å². The number of aromatic nitrogens is 2. The number of nitrogens with zero attached hydrogens (tertiary/aromatic N) is 2. The molecule has 0 aliphatic rings. The minimum atomic E-state index is -0.285. The van der Waals surface area contributed by atoms with Gasteiger partial charge in [-0.2, -0.15) is 4.98 Å². The van der Waals surface area contributed by atoms with Gasteiger partial charge >= 0.3 is 0 Å². The molecule has 0 aliphatic heterocycles. The molecule has 0 unspecified atom stereocenters. The Labute approximate surface area is 163 Å². The van der Waals surface area contributed by atoms with Crippen molar-refractivity contribution in [2.24, 2.45) is 0 Å². The van der Waals surface area contributed by atoms with E-state index in [1.807, 2.05) is 6.92 Å². The molecular formula is C20H20FN5S. The minimum Gasteiger partial charge on any atom is -0.358 e. The topological polar surface area (TPSA) is 61.9 Å². The third-order valence-electron chi connectivity index (χ3n) is 3.77. The van der Waals surface area contributed by atoms with Crippen LogP contribution in [0.4, 0.5) is 21.8 Å². The van der Waals surface area contributed by atoms with E-state index in [0.29, 0.717) is 23.4 Å². The van der Waals surface area contributed by atoms with Crippen LogP contribution in [0.15, 0.2) is 54.6 Å². The van der Waals surface area contributed by atoms with Gasteiger partial charge in [0.1, 0.15) is 11.6 Å². The third kappa shape index (κ3) is 5.72. The van der Waals surface area contributed by atoms with Gasteiger partial charge in [-0.15, -0.1) is 0 Å². The summed E-state index contributed by atoms with van der Waals surface area (Å²) in [6, 6.07) is 16.1. The van der Waals surface area contributed by atoms with Gasteiger partial charge in [0.05, 0.1) is 0 Å². The van der Waals surface area contributed by atoms with E-state index in [1.165, 1.54) is 17.7 Å². The zero-order valence-corrected chi connectivity index (χ0v) is 15.9. The van der Waals surface area contributed by atoms with Gasteiger partial charge in [-0.25, -0.2) is 9.37 Å². The molecule has 1 aromatic heterocycles. The van der Waals surface area contributed by atoms with Crippen LogP contribution >= 0.6 is 12.2 Å². The van der Waals surface area contributed by atoms with Crippen molar-refractivity contribution in [3.05, 3.63) is 77.2 Å². The van der Waals surface area contributed by atoms with Crippen LogP contribution in [0.1, 0.15) is 16.8 Å². The Balaban J connectivity index is 1.62. The van der Waals surface area contributed by atoms with E-state index >= 15 is 0 Å². The summed E-state index contributed by atoms with van der Waals surface area (Å²) in [5.74, 6) is 0.700. The molecular weight excluding hydrogens is 361 g/mol. The normalized spacial score (nSPS) is 10.3. The van der Waals surface area contributed by atoms with Crippen molar-refractivity contribution < 1.29 is 4.39 Å². The van der Waals surface area contributed by atoms with Gasteiger partial charge in [0.15, 0.2) is 5.11 Å². The van der Waals surface area contributed by atoms with Gasteiger partial charge < -0.3 is 16.0 Å². The molecule has 7 heteroatoms. The standard InChI is InChI=1S/C20H20FN5S/c1-13-3-5-15(6-4-13)12-22-20(27)26-19-23-14(2)11-18(25-19)24-17-9-7-16(21)8-10-17/h3-11H,12H2,1-2H3,(H3,22,23,24,25,26,27). The summed E-state index contributed by atoms with van der Waals surface area (Å²) in [7, 11) is 0. The maximum absolute atomic E-state index is 13.0. The molecule has 5 nitrogen and oxygen atoms in total. The lowest BCUT2D eigenvalue weighted by Crippen LogP contribution is -2.28. The Morgan fingerprint density at radius 2 is 1.70 bits per heavy atom.